The van der Waals surface area contributed by atoms with Gasteiger partial charge in [-0.15, -0.1) is 0 Å². The molecule has 3 rings (SSSR count). The number of amides is 1. The highest BCUT2D eigenvalue weighted by molar-refractivity contribution is 5.85. The first-order valence-electron chi connectivity index (χ1n) is 7.52. The van der Waals surface area contributed by atoms with Crippen LogP contribution in [0.25, 0.3) is 0 Å². The summed E-state index contributed by atoms with van der Waals surface area (Å²) in [4.78, 5) is 15.0. The Labute approximate surface area is 110 Å². The Hall–Kier alpha value is -0.570. The van der Waals surface area contributed by atoms with E-state index in [2.05, 4.69) is 31.0 Å². The minimum Gasteiger partial charge on any atom is -0.340 e. The average Bonchev–Trinajstić information content (AvgIpc) is 2.51. The lowest BCUT2D eigenvalue weighted by Crippen LogP contribution is -2.64. The van der Waals surface area contributed by atoms with Gasteiger partial charge in [0.2, 0.25) is 5.91 Å². The molecule has 0 spiro atoms. The van der Waals surface area contributed by atoms with Crippen LogP contribution in [0.5, 0.6) is 0 Å². The molecule has 2 heterocycles. The zero-order chi connectivity index (χ0) is 13.0. The zero-order valence-corrected chi connectivity index (χ0v) is 12.0. The molecule has 2 aliphatic heterocycles. The van der Waals surface area contributed by atoms with Crippen molar-refractivity contribution in [3.63, 3.8) is 0 Å². The third-order valence-corrected chi connectivity index (χ3v) is 6.25. The van der Waals surface area contributed by atoms with E-state index in [1.54, 1.807) is 0 Å². The third kappa shape index (κ3) is 1.49. The highest BCUT2D eigenvalue weighted by Gasteiger charge is 2.62. The van der Waals surface area contributed by atoms with Gasteiger partial charge in [-0.1, -0.05) is 27.2 Å². The molecule has 2 bridgehead atoms. The number of nitrogens with zero attached hydrogens (tertiary/aromatic N) is 1. The number of nitrogens with one attached hydrogen (secondary N) is 1. The van der Waals surface area contributed by atoms with Crippen molar-refractivity contribution in [2.24, 2.45) is 16.7 Å². The maximum atomic E-state index is 12.5. The first-order chi connectivity index (χ1) is 8.47. The number of carbonyl (C=O) groups excluding carboxylic acids is 1. The summed E-state index contributed by atoms with van der Waals surface area (Å²) in [5.41, 5.74) is -0.0125. The minimum absolute atomic E-state index is 0.136. The van der Waals surface area contributed by atoms with Crippen molar-refractivity contribution in [1.82, 2.24) is 10.2 Å². The molecular weight excluding hydrogens is 224 g/mol. The van der Waals surface area contributed by atoms with E-state index in [9.17, 15) is 4.79 Å². The Kier molecular flexibility index (Phi) is 2.74. The lowest BCUT2D eigenvalue weighted by molar-refractivity contribution is -0.148. The van der Waals surface area contributed by atoms with Gasteiger partial charge >= 0.3 is 0 Å². The van der Waals surface area contributed by atoms with Crippen LogP contribution in [-0.2, 0) is 4.79 Å². The van der Waals surface area contributed by atoms with Crippen LogP contribution in [0.2, 0.25) is 0 Å². The normalized spacial score (nSPS) is 43.8. The smallest absolute Gasteiger partial charge is 0.227 e. The topological polar surface area (TPSA) is 32.3 Å². The van der Waals surface area contributed by atoms with Crippen molar-refractivity contribution >= 4 is 5.91 Å². The lowest BCUT2D eigenvalue weighted by Gasteiger charge is -2.52. The Morgan fingerprint density at radius 2 is 1.83 bits per heavy atom. The molecule has 1 N–H and O–H groups in total. The van der Waals surface area contributed by atoms with Gasteiger partial charge in [0.15, 0.2) is 0 Å². The Balaban J connectivity index is 1.88. The van der Waals surface area contributed by atoms with E-state index in [1.807, 2.05) is 0 Å². The fraction of sp³-hybridized carbons (Fsp3) is 0.933. The van der Waals surface area contributed by atoms with Crippen LogP contribution in [0.1, 0.15) is 52.9 Å². The maximum Gasteiger partial charge on any atom is 0.227 e. The van der Waals surface area contributed by atoms with E-state index in [1.165, 1.54) is 25.7 Å². The summed E-state index contributed by atoms with van der Waals surface area (Å²) >= 11 is 0. The zero-order valence-electron chi connectivity index (χ0n) is 12.0. The maximum absolute atomic E-state index is 12.5. The van der Waals surface area contributed by atoms with Crippen LogP contribution in [-0.4, -0.2) is 30.1 Å². The van der Waals surface area contributed by atoms with Crippen LogP contribution in [0.15, 0.2) is 0 Å². The summed E-state index contributed by atoms with van der Waals surface area (Å²) in [6.07, 6.45) is 6.48. The van der Waals surface area contributed by atoms with Crippen LogP contribution < -0.4 is 5.32 Å². The van der Waals surface area contributed by atoms with E-state index < -0.39 is 0 Å². The van der Waals surface area contributed by atoms with Gasteiger partial charge < -0.3 is 5.32 Å². The second kappa shape index (κ2) is 3.96. The summed E-state index contributed by atoms with van der Waals surface area (Å²) in [6.45, 7) is 9.10. The Morgan fingerprint density at radius 1 is 1.17 bits per heavy atom. The molecule has 1 amide bonds. The lowest BCUT2D eigenvalue weighted by atomic mass is 9.62. The van der Waals surface area contributed by atoms with Crippen molar-refractivity contribution < 1.29 is 4.79 Å². The van der Waals surface area contributed by atoms with E-state index in [4.69, 9.17) is 0 Å². The van der Waals surface area contributed by atoms with E-state index >= 15 is 0 Å². The van der Waals surface area contributed by atoms with Crippen LogP contribution in [0.3, 0.4) is 0 Å². The van der Waals surface area contributed by atoms with Crippen molar-refractivity contribution in [2.45, 2.75) is 59.0 Å². The fourth-order valence-electron chi connectivity index (χ4n) is 4.43. The highest BCUT2D eigenvalue weighted by Crippen LogP contribution is 2.59. The van der Waals surface area contributed by atoms with Gasteiger partial charge in [0, 0.05) is 13.1 Å². The van der Waals surface area contributed by atoms with Crippen molar-refractivity contribution in [2.75, 3.05) is 13.1 Å². The molecule has 3 aliphatic rings. The van der Waals surface area contributed by atoms with Gasteiger partial charge in [-0.2, -0.15) is 0 Å². The summed E-state index contributed by atoms with van der Waals surface area (Å²) < 4.78 is 0. The number of hydrogen-bond acceptors (Lipinski definition) is 2. The number of rotatable bonds is 1. The molecule has 3 heteroatoms. The Bertz CT molecular complexity index is 360. The number of hydrogen-bond donors (Lipinski definition) is 1. The SMILES string of the molecule is CC12CCC(C(N3CCCCC3)NC1=O)C2(C)C. The van der Waals surface area contributed by atoms with Crippen LogP contribution in [0, 0.1) is 16.7 Å². The molecule has 1 saturated carbocycles. The molecular formula is C15H26N2O. The van der Waals surface area contributed by atoms with Gasteiger partial charge in [0.25, 0.3) is 0 Å². The number of likely N-dealkylation sites (tertiary alicyclic amines) is 1. The van der Waals surface area contributed by atoms with E-state index in [-0.39, 0.29) is 16.7 Å². The van der Waals surface area contributed by atoms with Gasteiger partial charge in [0.05, 0.1) is 11.6 Å². The summed E-state index contributed by atoms with van der Waals surface area (Å²) in [5, 5.41) is 3.33. The minimum atomic E-state index is -0.149. The predicted octanol–water partition coefficient (Wildman–Crippen LogP) is 2.37. The predicted molar refractivity (Wildman–Crippen MR) is 72.0 cm³/mol. The molecule has 3 unspecified atom stereocenters. The van der Waals surface area contributed by atoms with E-state index in [0.717, 1.165) is 19.5 Å². The van der Waals surface area contributed by atoms with Crippen LogP contribution in [0.4, 0.5) is 0 Å². The fourth-order valence-corrected chi connectivity index (χ4v) is 4.43. The monoisotopic (exact) mass is 250 g/mol. The molecule has 3 fully saturated rings. The molecule has 0 aromatic rings. The molecule has 0 radical (unpaired) electrons. The van der Waals surface area contributed by atoms with E-state index in [0.29, 0.717) is 12.1 Å². The molecule has 0 aromatic carbocycles. The van der Waals surface area contributed by atoms with Gasteiger partial charge in [0.1, 0.15) is 0 Å². The van der Waals surface area contributed by atoms with Crippen molar-refractivity contribution in [3.8, 4) is 0 Å². The first kappa shape index (κ1) is 12.5. The highest BCUT2D eigenvalue weighted by atomic mass is 16.2. The molecule has 0 aromatic heterocycles. The molecule has 3 atom stereocenters. The third-order valence-electron chi connectivity index (χ3n) is 6.25. The molecule has 3 nitrogen and oxygen atoms in total. The largest absolute Gasteiger partial charge is 0.340 e. The number of carbonyl (C=O) groups is 1. The molecule has 102 valence electrons. The number of fused-ring (bicyclic) bond motifs is 2. The average molecular weight is 250 g/mol. The quantitative estimate of drug-likeness (QED) is 0.775. The van der Waals surface area contributed by atoms with Gasteiger partial charge in [-0.3, -0.25) is 9.69 Å². The Morgan fingerprint density at radius 3 is 2.50 bits per heavy atom. The molecule has 2 saturated heterocycles. The van der Waals surface area contributed by atoms with Gasteiger partial charge in [-0.25, -0.2) is 0 Å². The standard InChI is InChI=1S/C15H26N2O/c1-14(2)11-7-8-15(14,3)13(18)16-12(11)17-9-5-4-6-10-17/h11-12H,4-10H2,1-3H3,(H,16,18). The van der Waals surface area contributed by atoms with Crippen molar-refractivity contribution in [3.05, 3.63) is 0 Å². The molecule has 18 heavy (non-hydrogen) atoms. The molecule has 1 aliphatic carbocycles. The van der Waals surface area contributed by atoms with Crippen LogP contribution >= 0.6 is 0 Å². The summed E-state index contributed by atoms with van der Waals surface area (Å²) in [7, 11) is 0. The van der Waals surface area contributed by atoms with Gasteiger partial charge in [-0.05, 0) is 37.0 Å². The summed E-state index contributed by atoms with van der Waals surface area (Å²) in [5.74, 6) is 0.912. The second-order valence-electron chi connectivity index (χ2n) is 7.21. The first-order valence-corrected chi connectivity index (χ1v) is 7.52. The summed E-state index contributed by atoms with van der Waals surface area (Å²) in [6, 6.07) is 0. The number of piperidine rings is 2. The van der Waals surface area contributed by atoms with Crippen molar-refractivity contribution in [1.29, 1.82) is 0 Å². The second-order valence-corrected chi connectivity index (χ2v) is 7.21.